The number of benzene rings is 2. The minimum atomic E-state index is -3.70. The van der Waals surface area contributed by atoms with Crippen molar-refractivity contribution in [2.75, 3.05) is 37.0 Å². The van der Waals surface area contributed by atoms with Gasteiger partial charge in [-0.3, -0.25) is 9.21 Å². The van der Waals surface area contributed by atoms with Crippen LogP contribution in [0.15, 0.2) is 52.9 Å². The van der Waals surface area contributed by atoms with Gasteiger partial charge in [-0.1, -0.05) is 36.7 Å². The van der Waals surface area contributed by atoms with Crippen LogP contribution in [0.3, 0.4) is 0 Å². The highest BCUT2D eigenvalue weighted by atomic mass is 35.5. The smallest absolute Gasteiger partial charge is 0.314 e. The number of anilines is 1. The van der Waals surface area contributed by atoms with Gasteiger partial charge < -0.3 is 9.32 Å². The van der Waals surface area contributed by atoms with Crippen LogP contribution in [-0.4, -0.2) is 72.4 Å². The van der Waals surface area contributed by atoms with Crippen LogP contribution in [0.2, 0.25) is 5.02 Å². The molecule has 0 amide bonds. The Morgan fingerprint density at radius 2 is 1.82 bits per heavy atom. The van der Waals surface area contributed by atoms with Gasteiger partial charge in [-0.05, 0) is 68.4 Å². The summed E-state index contributed by atoms with van der Waals surface area (Å²) in [5, 5.41) is 6.98. The number of sulfonamides is 1. The Hall–Kier alpha value is -2.60. The average Bonchev–Trinajstić information content (AvgIpc) is 3.38. The molecule has 0 saturated carbocycles. The van der Waals surface area contributed by atoms with Gasteiger partial charge in [0, 0.05) is 29.7 Å². The molecule has 0 bridgehead atoms. The molecule has 8 nitrogen and oxygen atoms in total. The highest BCUT2D eigenvalue weighted by Crippen LogP contribution is 2.31. The molecule has 2 aromatic carbocycles. The van der Waals surface area contributed by atoms with Crippen LogP contribution in [0.25, 0.3) is 11.5 Å². The number of nitrogens with zero attached hydrogens (tertiary/aromatic N) is 5. The van der Waals surface area contributed by atoms with Gasteiger partial charge in [0.15, 0.2) is 0 Å². The first-order valence-electron chi connectivity index (χ1n) is 12.7. The summed E-state index contributed by atoms with van der Waals surface area (Å²) >= 11 is 6.23. The van der Waals surface area contributed by atoms with Crippen molar-refractivity contribution in [1.29, 1.82) is 0 Å². The van der Waals surface area contributed by atoms with Crippen molar-refractivity contribution in [1.82, 2.24) is 20.0 Å². The van der Waals surface area contributed by atoms with Crippen molar-refractivity contribution in [3.63, 3.8) is 0 Å². The summed E-state index contributed by atoms with van der Waals surface area (Å²) < 4.78 is 60.0. The van der Waals surface area contributed by atoms with Gasteiger partial charge in [-0.25, -0.2) is 8.42 Å². The molecule has 12 heteroatoms. The number of likely N-dealkylation sites (tertiary alicyclic amines) is 2. The Bertz CT molecular complexity index is 1340. The van der Waals surface area contributed by atoms with Crippen LogP contribution < -0.4 is 4.31 Å². The minimum absolute atomic E-state index is 0.0218. The number of hydrogen-bond donors (Lipinski definition) is 0. The average molecular weight is 566 g/mol. The highest BCUT2D eigenvalue weighted by Gasteiger charge is 2.39. The van der Waals surface area contributed by atoms with Crippen molar-refractivity contribution in [2.24, 2.45) is 0 Å². The zero-order chi connectivity index (χ0) is 26.9. The van der Waals surface area contributed by atoms with E-state index in [0.717, 1.165) is 38.3 Å². The van der Waals surface area contributed by atoms with Crippen LogP contribution in [0.5, 0.6) is 0 Å². The molecule has 0 aliphatic carbocycles. The van der Waals surface area contributed by atoms with Gasteiger partial charge in [0.2, 0.25) is 15.9 Å². The number of hydrogen-bond acceptors (Lipinski definition) is 7. The summed E-state index contributed by atoms with van der Waals surface area (Å²) in [4.78, 5) is 4.80. The van der Waals surface area contributed by atoms with Gasteiger partial charge in [0.1, 0.15) is 0 Å². The predicted octanol–water partition coefficient (Wildman–Crippen LogP) is 4.83. The third kappa shape index (κ3) is 5.70. The summed E-state index contributed by atoms with van der Waals surface area (Å²) in [7, 11) is -3.70. The molecule has 3 heterocycles. The quantitative estimate of drug-likeness (QED) is 0.367. The van der Waals surface area contributed by atoms with Crippen molar-refractivity contribution < 1.29 is 21.6 Å². The lowest BCUT2D eigenvalue weighted by atomic mass is 10.0. The lowest BCUT2D eigenvalue weighted by Gasteiger charge is -2.47. The van der Waals surface area contributed by atoms with E-state index in [9.17, 15) is 17.2 Å². The molecular weight excluding hydrogens is 536 g/mol. The van der Waals surface area contributed by atoms with Crippen LogP contribution in [0, 0.1) is 0 Å². The van der Waals surface area contributed by atoms with Gasteiger partial charge in [-0.15, -0.1) is 10.2 Å². The molecule has 5 rings (SSSR count). The Labute approximate surface area is 226 Å². The SMILES string of the molecule is CCN1CC(N2CCC(S(=O)(=O)N(Cc3ccc(-c4nnc(C(F)F)o4)cc3)c3cccc(Cl)c3)CC2)C1. The van der Waals surface area contributed by atoms with E-state index in [1.54, 1.807) is 48.5 Å². The zero-order valence-electron chi connectivity index (χ0n) is 21.0. The summed E-state index contributed by atoms with van der Waals surface area (Å²) in [6, 6.07) is 14.1. The van der Waals surface area contributed by atoms with E-state index in [0.29, 0.717) is 35.2 Å². The molecule has 0 atom stereocenters. The molecule has 0 N–H and O–H groups in total. The second-order valence-corrected chi connectivity index (χ2v) is 12.3. The van der Waals surface area contributed by atoms with Crippen molar-refractivity contribution in [2.45, 2.75) is 44.0 Å². The Balaban J connectivity index is 1.33. The summed E-state index contributed by atoms with van der Waals surface area (Å²) in [6.45, 7) is 6.91. The van der Waals surface area contributed by atoms with E-state index >= 15 is 0 Å². The Kier molecular flexibility index (Phi) is 7.99. The fourth-order valence-electron chi connectivity index (χ4n) is 5.07. The summed E-state index contributed by atoms with van der Waals surface area (Å²) in [5.41, 5.74) is 1.69. The van der Waals surface area contributed by atoms with Crippen LogP contribution in [-0.2, 0) is 16.6 Å². The molecule has 2 aliphatic heterocycles. The van der Waals surface area contributed by atoms with E-state index in [-0.39, 0.29) is 12.4 Å². The van der Waals surface area contributed by atoms with E-state index in [2.05, 4.69) is 26.9 Å². The molecule has 2 aliphatic rings. The number of halogens is 3. The number of rotatable bonds is 9. The molecule has 2 saturated heterocycles. The molecule has 0 radical (unpaired) electrons. The third-order valence-electron chi connectivity index (χ3n) is 7.36. The van der Waals surface area contributed by atoms with E-state index < -0.39 is 27.6 Å². The van der Waals surface area contributed by atoms with Crippen LogP contribution in [0.1, 0.15) is 37.6 Å². The summed E-state index contributed by atoms with van der Waals surface area (Å²) in [5.74, 6) is -0.764. The first kappa shape index (κ1) is 27.0. The monoisotopic (exact) mass is 565 g/mol. The number of aromatic nitrogens is 2. The second kappa shape index (κ2) is 11.3. The molecule has 38 heavy (non-hydrogen) atoms. The van der Waals surface area contributed by atoms with Crippen molar-refractivity contribution in [3.8, 4) is 11.5 Å². The van der Waals surface area contributed by atoms with Crippen molar-refractivity contribution >= 4 is 27.3 Å². The Morgan fingerprint density at radius 1 is 1.11 bits per heavy atom. The third-order valence-corrected chi connectivity index (χ3v) is 9.86. The maximum absolute atomic E-state index is 14.0. The Morgan fingerprint density at radius 3 is 2.42 bits per heavy atom. The lowest BCUT2D eigenvalue weighted by molar-refractivity contribution is 0.0275. The van der Waals surface area contributed by atoms with Gasteiger partial charge in [0.05, 0.1) is 17.5 Å². The molecular formula is C26H30ClF2N5O3S. The zero-order valence-corrected chi connectivity index (χ0v) is 22.6. The molecule has 3 aromatic rings. The molecule has 2 fully saturated rings. The van der Waals surface area contributed by atoms with Gasteiger partial charge >= 0.3 is 6.43 Å². The maximum atomic E-state index is 14.0. The van der Waals surface area contributed by atoms with E-state index in [1.165, 1.54) is 4.31 Å². The van der Waals surface area contributed by atoms with Crippen LogP contribution in [0.4, 0.5) is 14.5 Å². The number of likely N-dealkylation sites (N-methyl/N-ethyl adjacent to an activating group) is 1. The largest absolute Gasteiger partial charge is 0.415 e. The normalized spacial score (nSPS) is 18.1. The molecule has 1 aromatic heterocycles. The fraction of sp³-hybridized carbons (Fsp3) is 0.462. The maximum Gasteiger partial charge on any atom is 0.314 e. The van der Waals surface area contributed by atoms with Crippen molar-refractivity contribution in [3.05, 3.63) is 65.0 Å². The summed E-state index contributed by atoms with van der Waals surface area (Å²) in [6.07, 6.45) is -1.70. The van der Waals surface area contributed by atoms with Gasteiger partial charge in [0.25, 0.3) is 5.89 Å². The molecule has 0 spiro atoms. The topological polar surface area (TPSA) is 82.8 Å². The van der Waals surface area contributed by atoms with E-state index in [1.807, 2.05) is 0 Å². The van der Waals surface area contributed by atoms with E-state index in [4.69, 9.17) is 16.0 Å². The molecule has 0 unspecified atom stereocenters. The number of piperidine rings is 1. The first-order chi connectivity index (χ1) is 18.2. The lowest BCUT2D eigenvalue weighted by Crippen LogP contribution is -2.61. The van der Waals surface area contributed by atoms with Crippen LogP contribution >= 0.6 is 11.6 Å². The second-order valence-electron chi connectivity index (χ2n) is 9.72. The standard InChI is InChI=1S/C26H30ClF2N5O3S/c1-2-32-16-22(17-32)33-12-10-23(11-13-33)38(35,36)34(21-5-3-4-20(27)14-21)15-18-6-8-19(9-7-18)25-30-31-26(37-25)24(28)29/h3-9,14,22-24H,2,10-13,15-17H2,1H3. The minimum Gasteiger partial charge on any atom is -0.415 e. The fourth-order valence-corrected chi connectivity index (χ4v) is 7.16. The number of alkyl halides is 2. The van der Waals surface area contributed by atoms with Gasteiger partial charge in [-0.2, -0.15) is 8.78 Å². The highest BCUT2D eigenvalue weighted by molar-refractivity contribution is 7.93. The molecule has 204 valence electrons. The predicted molar refractivity (Wildman–Crippen MR) is 142 cm³/mol. The first-order valence-corrected chi connectivity index (χ1v) is 14.6.